The van der Waals surface area contributed by atoms with Gasteiger partial charge in [0.25, 0.3) is 0 Å². The second-order valence-corrected chi connectivity index (χ2v) is 15.0. The molecule has 0 fully saturated rings. The molecule has 5 aromatic carbocycles. The Morgan fingerprint density at radius 3 is 1.17 bits per heavy atom. The number of ketones is 1. The number of aromatic nitrogens is 3. The van der Waals surface area contributed by atoms with Gasteiger partial charge in [-0.25, -0.2) is 0 Å². The van der Waals surface area contributed by atoms with Crippen LogP contribution < -0.4 is 0 Å². The maximum absolute atomic E-state index is 10.0. The molecule has 2 aliphatic rings. The van der Waals surface area contributed by atoms with Gasteiger partial charge in [-0.3, -0.25) is 4.79 Å². The van der Waals surface area contributed by atoms with E-state index in [9.17, 15) is 4.79 Å². The van der Waals surface area contributed by atoms with Crippen LogP contribution in [0.2, 0.25) is 0 Å². The molecule has 8 aromatic rings. The Kier molecular flexibility index (Phi) is 31.2. The molecule has 2 radical (unpaired) electrons. The zero-order valence-electron chi connectivity index (χ0n) is 39.7. The molecule has 1 unspecified atom stereocenters. The number of nitrogens with zero attached hydrogens (tertiary/aromatic N) is 5. The number of benzene rings is 5. The SMILES string of the molecule is CC(=O)C=C(C)O.CC1C=CN=C(c2[c-]cccc2)C1.[Ir+3].[Ir].[Ir].[c-]1ccccc1-c1ccccn1.[c-]1ccccc1-c1ccccn1.[c-]1ccccc1-c1ccccn1.[c-]1ccccc1C1=NC=CCC1. The van der Waals surface area contributed by atoms with Gasteiger partial charge >= 0.3 is 20.1 Å². The predicted molar refractivity (Wildman–Crippen MR) is 278 cm³/mol. The maximum Gasteiger partial charge on any atom is 3.00 e. The van der Waals surface area contributed by atoms with Crippen molar-refractivity contribution >= 4 is 17.2 Å². The largest absolute Gasteiger partial charge is 3.00 e. The van der Waals surface area contributed by atoms with Crippen LogP contribution in [0.1, 0.15) is 51.2 Å². The van der Waals surface area contributed by atoms with Gasteiger partial charge in [-0.15, -0.1) is 179 Å². The summed E-state index contributed by atoms with van der Waals surface area (Å²) < 4.78 is 0. The fraction of sp³-hybridized carbons (Fsp3) is 0.115. The Morgan fingerprint density at radius 1 is 0.521 bits per heavy atom. The summed E-state index contributed by atoms with van der Waals surface area (Å²) in [5.74, 6) is 0.536. The van der Waals surface area contributed by atoms with Crippen molar-refractivity contribution in [3.05, 3.63) is 272 Å². The Bertz CT molecular complexity index is 2490. The van der Waals surface area contributed by atoms with Gasteiger partial charge in [0.05, 0.1) is 5.76 Å². The Hall–Kier alpha value is -6.47. The molecule has 1 N–H and O–H groups in total. The van der Waals surface area contributed by atoms with Crippen molar-refractivity contribution in [2.75, 3.05) is 0 Å². The number of hydrogen-bond acceptors (Lipinski definition) is 7. The monoisotopic (exact) mass is 1470 g/mol. The zero-order valence-corrected chi connectivity index (χ0v) is 46.8. The molecule has 0 bridgehead atoms. The van der Waals surface area contributed by atoms with Crippen LogP contribution in [0.15, 0.2) is 241 Å². The van der Waals surface area contributed by atoms with Gasteiger partial charge in [-0.05, 0) is 85.7 Å². The normalized spacial score (nSPS) is 12.6. The summed E-state index contributed by atoms with van der Waals surface area (Å²) in [5, 5.41) is 8.36. The van der Waals surface area contributed by atoms with E-state index in [1.165, 1.54) is 19.9 Å². The summed E-state index contributed by atoms with van der Waals surface area (Å²) in [5.41, 5.74) is 10.6. The third-order valence-electron chi connectivity index (χ3n) is 9.45. The summed E-state index contributed by atoms with van der Waals surface area (Å²) >= 11 is 0. The van der Waals surface area contributed by atoms with Gasteiger partial charge in [0.2, 0.25) is 0 Å². The van der Waals surface area contributed by atoms with Crippen molar-refractivity contribution in [2.45, 2.75) is 40.0 Å². The number of aliphatic imine (C=N–C) groups is 2. The van der Waals surface area contributed by atoms with E-state index in [-0.39, 0.29) is 71.9 Å². The molecule has 10 rings (SSSR count). The minimum atomic E-state index is -0.125. The van der Waals surface area contributed by atoms with E-state index in [1.807, 2.05) is 176 Å². The Morgan fingerprint density at radius 2 is 0.887 bits per heavy atom. The molecule has 3 aromatic heterocycles. The summed E-state index contributed by atoms with van der Waals surface area (Å²) in [7, 11) is 0. The van der Waals surface area contributed by atoms with Gasteiger partial charge in [0.15, 0.2) is 5.78 Å². The molecule has 7 nitrogen and oxygen atoms in total. The molecule has 2 aliphatic heterocycles. The number of carbonyl (C=O) groups is 1. The van der Waals surface area contributed by atoms with Gasteiger partial charge in [0.1, 0.15) is 0 Å². The molecule has 10 heteroatoms. The number of rotatable bonds is 6. The molecular formula is C61H54Ir3N5O2-2. The number of aliphatic hydroxyl groups excluding tert-OH is 1. The van der Waals surface area contributed by atoms with Crippen molar-refractivity contribution in [1.29, 1.82) is 0 Å². The van der Waals surface area contributed by atoms with Crippen LogP contribution in [-0.2, 0) is 65.1 Å². The molecule has 71 heavy (non-hydrogen) atoms. The molecule has 0 spiro atoms. The van der Waals surface area contributed by atoms with E-state index in [4.69, 9.17) is 5.11 Å². The average Bonchev–Trinajstić information content (AvgIpc) is 3.41. The molecule has 0 saturated heterocycles. The first-order valence-electron chi connectivity index (χ1n) is 22.3. The molecule has 0 amide bonds. The van der Waals surface area contributed by atoms with Crippen molar-refractivity contribution < 1.29 is 70.2 Å². The molecule has 0 saturated carbocycles. The van der Waals surface area contributed by atoms with Crippen molar-refractivity contribution in [3.63, 3.8) is 0 Å². The van der Waals surface area contributed by atoms with Crippen LogP contribution in [-0.4, -0.2) is 37.3 Å². The van der Waals surface area contributed by atoms with Crippen LogP contribution in [0, 0.1) is 36.2 Å². The molecular weight excluding hydrogens is 1410 g/mol. The third kappa shape index (κ3) is 24.3. The molecule has 5 heterocycles. The summed E-state index contributed by atoms with van der Waals surface area (Å²) in [6, 6.07) is 72.8. The fourth-order valence-corrected chi connectivity index (χ4v) is 6.26. The quantitative estimate of drug-likeness (QED) is 0.102. The van der Waals surface area contributed by atoms with E-state index >= 15 is 0 Å². The van der Waals surface area contributed by atoms with Gasteiger partial charge in [-0.1, -0.05) is 55.5 Å². The van der Waals surface area contributed by atoms with Gasteiger partial charge in [0, 0.05) is 77.3 Å². The van der Waals surface area contributed by atoms with Gasteiger partial charge < -0.3 is 30.0 Å². The van der Waals surface area contributed by atoms with Crippen LogP contribution in [0.3, 0.4) is 0 Å². The average molecular weight is 1470 g/mol. The van der Waals surface area contributed by atoms with E-state index in [1.54, 1.807) is 18.6 Å². The predicted octanol–water partition coefficient (Wildman–Crippen LogP) is 14.1. The van der Waals surface area contributed by atoms with Crippen LogP contribution >= 0.6 is 0 Å². The Labute approximate surface area is 460 Å². The fourth-order valence-electron chi connectivity index (χ4n) is 6.26. The zero-order chi connectivity index (χ0) is 47.9. The Balaban J connectivity index is 0.000000292. The smallest absolute Gasteiger partial charge is 0.512 e. The number of hydrogen-bond donors (Lipinski definition) is 1. The second kappa shape index (κ2) is 36.5. The van der Waals surface area contributed by atoms with Crippen LogP contribution in [0.4, 0.5) is 0 Å². The van der Waals surface area contributed by atoms with Crippen LogP contribution in [0.5, 0.6) is 0 Å². The third-order valence-corrected chi connectivity index (χ3v) is 9.45. The van der Waals surface area contributed by atoms with E-state index < -0.39 is 0 Å². The first-order valence-corrected chi connectivity index (χ1v) is 22.3. The van der Waals surface area contributed by atoms with Crippen molar-refractivity contribution in [1.82, 2.24) is 15.0 Å². The standard InChI is InChI=1S/C12H12N.C11H10N.3C11H8N.C5H8O2.3Ir/c1-10-7-8-13-12(9-10)11-5-3-2-4-6-11;4*1-2-6-10(7-3-1)11-8-4-5-9-12-11;1-4(6)3-5(2)7;;;/h2-5,7-8,10H,9H2,1H3;1-3,5-6,9H,4,8H2;3*1-6,8-9H;3,6H,1-2H3;;;/q5*-1;;;;+3. The van der Waals surface area contributed by atoms with E-state index in [0.717, 1.165) is 75.6 Å². The first kappa shape index (κ1) is 60.6. The molecule has 364 valence electrons. The van der Waals surface area contributed by atoms with E-state index in [2.05, 4.69) is 86.5 Å². The minimum absolute atomic E-state index is 0. The minimum Gasteiger partial charge on any atom is -0.512 e. The topological polar surface area (TPSA) is 101 Å². The summed E-state index contributed by atoms with van der Waals surface area (Å²) in [4.78, 5) is 31.3. The summed E-state index contributed by atoms with van der Waals surface area (Å²) in [6.45, 7) is 5.05. The summed E-state index contributed by atoms with van der Waals surface area (Å²) in [6.07, 6.45) is 17.7. The maximum atomic E-state index is 10.0. The molecule has 1 atom stereocenters. The van der Waals surface area contributed by atoms with Gasteiger partial charge in [-0.2, -0.15) is 0 Å². The first-order chi connectivity index (χ1) is 33.4. The second-order valence-electron chi connectivity index (χ2n) is 15.0. The molecule has 0 aliphatic carbocycles. The van der Waals surface area contributed by atoms with Crippen molar-refractivity contribution in [2.24, 2.45) is 15.9 Å². The number of pyridine rings is 3. The van der Waals surface area contributed by atoms with Crippen LogP contribution in [0.25, 0.3) is 33.8 Å². The van der Waals surface area contributed by atoms with Crippen molar-refractivity contribution in [3.8, 4) is 33.8 Å². The number of carbonyl (C=O) groups excluding carboxylic acids is 1. The number of allylic oxidation sites excluding steroid dienone is 4. The number of aliphatic hydroxyl groups is 1. The van der Waals surface area contributed by atoms with E-state index in [0.29, 0.717) is 5.92 Å².